The van der Waals surface area contributed by atoms with Crippen molar-refractivity contribution in [3.05, 3.63) is 53.3 Å². The number of nitrogens with one attached hydrogen (secondary N) is 1. The molecule has 0 aliphatic carbocycles. The van der Waals surface area contributed by atoms with E-state index in [0.717, 1.165) is 5.69 Å². The topological polar surface area (TPSA) is 62.2 Å². The number of anilines is 1. The Labute approximate surface area is 116 Å². The first-order chi connectivity index (χ1) is 9.15. The number of amides is 1. The summed E-state index contributed by atoms with van der Waals surface area (Å²) in [6.45, 7) is 0. The lowest BCUT2D eigenvalue weighted by atomic mass is 10.2. The highest BCUT2D eigenvalue weighted by molar-refractivity contribution is 6.33. The van der Waals surface area contributed by atoms with Crippen LogP contribution in [0.5, 0.6) is 5.75 Å². The van der Waals surface area contributed by atoms with Crippen molar-refractivity contribution in [2.24, 2.45) is 0 Å². The van der Waals surface area contributed by atoms with Gasteiger partial charge in [-0.3, -0.25) is 9.78 Å². The molecule has 2 N–H and O–H groups in total. The molecule has 1 aromatic carbocycles. The number of aryl methyl sites for hydroxylation is 1. The Kier molecular flexibility index (Phi) is 4.36. The fourth-order valence-electron chi connectivity index (χ4n) is 1.61. The van der Waals surface area contributed by atoms with E-state index in [1.54, 1.807) is 12.3 Å². The Morgan fingerprint density at radius 1 is 1.32 bits per heavy atom. The molecule has 1 amide bonds. The number of benzene rings is 1. The summed E-state index contributed by atoms with van der Waals surface area (Å²) in [6.07, 6.45) is 2.60. The van der Waals surface area contributed by atoms with Crippen LogP contribution in [0.4, 0.5) is 5.69 Å². The third kappa shape index (κ3) is 3.96. The third-order valence-electron chi connectivity index (χ3n) is 2.56. The van der Waals surface area contributed by atoms with Crippen LogP contribution in [0, 0.1) is 0 Å². The van der Waals surface area contributed by atoms with Crippen LogP contribution in [0.25, 0.3) is 0 Å². The van der Waals surface area contributed by atoms with Gasteiger partial charge in [0, 0.05) is 24.4 Å². The lowest BCUT2D eigenvalue weighted by Crippen LogP contribution is -2.12. The van der Waals surface area contributed by atoms with E-state index in [9.17, 15) is 9.90 Å². The van der Waals surface area contributed by atoms with Gasteiger partial charge in [0.2, 0.25) is 5.91 Å². The van der Waals surface area contributed by atoms with Crippen LogP contribution in [0.1, 0.15) is 12.1 Å². The van der Waals surface area contributed by atoms with Gasteiger partial charge in [-0.15, -0.1) is 0 Å². The molecule has 0 aliphatic rings. The van der Waals surface area contributed by atoms with E-state index >= 15 is 0 Å². The molecular weight excluding hydrogens is 264 g/mol. The molecule has 19 heavy (non-hydrogen) atoms. The highest BCUT2D eigenvalue weighted by Gasteiger charge is 2.07. The zero-order valence-electron chi connectivity index (χ0n) is 10.1. The lowest BCUT2D eigenvalue weighted by Gasteiger charge is -2.07. The molecular formula is C14H13ClN2O2. The maximum Gasteiger partial charge on any atom is 0.224 e. The Morgan fingerprint density at radius 2 is 2.16 bits per heavy atom. The summed E-state index contributed by atoms with van der Waals surface area (Å²) in [6, 6.07) is 10.0. The minimum absolute atomic E-state index is 0.0662. The fourth-order valence-corrected chi connectivity index (χ4v) is 1.83. The van der Waals surface area contributed by atoms with Crippen LogP contribution < -0.4 is 5.32 Å². The average molecular weight is 277 g/mol. The first-order valence-electron chi connectivity index (χ1n) is 5.83. The molecule has 98 valence electrons. The smallest absolute Gasteiger partial charge is 0.224 e. The van der Waals surface area contributed by atoms with Gasteiger partial charge in [-0.2, -0.15) is 0 Å². The van der Waals surface area contributed by atoms with Gasteiger partial charge in [-0.25, -0.2) is 0 Å². The largest absolute Gasteiger partial charge is 0.508 e. The Balaban J connectivity index is 1.91. The van der Waals surface area contributed by atoms with Gasteiger partial charge in [0.25, 0.3) is 0 Å². The number of nitrogens with zero attached hydrogens (tertiary/aromatic N) is 1. The number of hydrogen-bond donors (Lipinski definition) is 2. The predicted octanol–water partition coefficient (Wildman–Crippen LogP) is 3.01. The molecule has 5 heteroatoms. The summed E-state index contributed by atoms with van der Waals surface area (Å²) in [7, 11) is 0. The molecule has 0 radical (unpaired) electrons. The Hall–Kier alpha value is -2.07. The van der Waals surface area contributed by atoms with Crippen molar-refractivity contribution in [1.82, 2.24) is 4.98 Å². The molecule has 0 fully saturated rings. The maximum atomic E-state index is 11.8. The quantitative estimate of drug-likeness (QED) is 0.844. The molecule has 2 rings (SSSR count). The van der Waals surface area contributed by atoms with Crippen LogP contribution in [-0.4, -0.2) is 16.0 Å². The number of pyridine rings is 1. The molecule has 0 unspecified atom stereocenters. The van der Waals surface area contributed by atoms with Gasteiger partial charge >= 0.3 is 0 Å². The van der Waals surface area contributed by atoms with Crippen molar-refractivity contribution in [3.63, 3.8) is 0 Å². The maximum absolute atomic E-state index is 11.8. The number of phenols is 1. The van der Waals surface area contributed by atoms with Crippen LogP contribution in [0.15, 0.2) is 42.6 Å². The minimum Gasteiger partial charge on any atom is -0.508 e. The van der Waals surface area contributed by atoms with E-state index in [0.29, 0.717) is 23.6 Å². The molecule has 0 spiro atoms. The van der Waals surface area contributed by atoms with Gasteiger partial charge in [0.15, 0.2) is 0 Å². The number of halogens is 1. The van der Waals surface area contributed by atoms with Crippen molar-refractivity contribution in [3.8, 4) is 5.75 Å². The number of phenolic OH excluding ortho intramolecular Hbond substituents is 1. The minimum atomic E-state index is -0.141. The van der Waals surface area contributed by atoms with E-state index in [4.69, 9.17) is 11.6 Å². The van der Waals surface area contributed by atoms with E-state index in [1.807, 2.05) is 18.2 Å². The van der Waals surface area contributed by atoms with Gasteiger partial charge in [-0.05, 0) is 30.7 Å². The van der Waals surface area contributed by atoms with Crippen LogP contribution in [0.3, 0.4) is 0 Å². The molecule has 2 aromatic rings. The SMILES string of the molecule is O=C(CCc1ccccn1)Nc1ccc(O)cc1Cl. The summed E-state index contributed by atoms with van der Waals surface area (Å²) >= 11 is 5.90. The molecule has 0 bridgehead atoms. The second kappa shape index (κ2) is 6.20. The van der Waals surface area contributed by atoms with Gasteiger partial charge in [-0.1, -0.05) is 17.7 Å². The molecule has 1 heterocycles. The number of rotatable bonds is 4. The summed E-state index contributed by atoms with van der Waals surface area (Å²) in [5.41, 5.74) is 1.36. The van der Waals surface area contributed by atoms with E-state index in [-0.39, 0.29) is 11.7 Å². The standard InChI is InChI=1S/C14H13ClN2O2/c15-12-9-11(18)5-6-13(12)17-14(19)7-4-10-3-1-2-8-16-10/h1-3,5-6,8-9,18H,4,7H2,(H,17,19). The summed E-state index contributed by atoms with van der Waals surface area (Å²) < 4.78 is 0. The van der Waals surface area contributed by atoms with E-state index < -0.39 is 0 Å². The predicted molar refractivity (Wildman–Crippen MR) is 74.3 cm³/mol. The molecule has 4 nitrogen and oxygen atoms in total. The van der Waals surface area contributed by atoms with Crippen molar-refractivity contribution in [2.45, 2.75) is 12.8 Å². The first-order valence-corrected chi connectivity index (χ1v) is 6.21. The lowest BCUT2D eigenvalue weighted by molar-refractivity contribution is -0.116. The molecule has 0 saturated heterocycles. The van der Waals surface area contributed by atoms with Gasteiger partial charge < -0.3 is 10.4 Å². The van der Waals surface area contributed by atoms with E-state index in [2.05, 4.69) is 10.3 Å². The number of aromatic hydroxyl groups is 1. The zero-order valence-corrected chi connectivity index (χ0v) is 10.9. The van der Waals surface area contributed by atoms with Crippen molar-refractivity contribution in [2.75, 3.05) is 5.32 Å². The molecule has 0 saturated carbocycles. The van der Waals surface area contributed by atoms with Gasteiger partial charge in [0.1, 0.15) is 5.75 Å². The zero-order chi connectivity index (χ0) is 13.7. The van der Waals surface area contributed by atoms with Crippen LogP contribution in [0.2, 0.25) is 5.02 Å². The monoisotopic (exact) mass is 276 g/mol. The van der Waals surface area contributed by atoms with E-state index in [1.165, 1.54) is 12.1 Å². The second-order valence-corrected chi connectivity index (χ2v) is 4.44. The normalized spacial score (nSPS) is 10.2. The van der Waals surface area contributed by atoms with Crippen molar-refractivity contribution >= 4 is 23.2 Å². The van der Waals surface area contributed by atoms with Crippen molar-refractivity contribution < 1.29 is 9.90 Å². The second-order valence-electron chi connectivity index (χ2n) is 4.03. The number of hydrogen-bond acceptors (Lipinski definition) is 3. The summed E-state index contributed by atoms with van der Waals surface area (Å²) in [5.74, 6) is -0.0743. The Bertz CT molecular complexity index is 573. The Morgan fingerprint density at radius 3 is 2.84 bits per heavy atom. The molecule has 0 atom stereocenters. The number of carbonyl (C=O) groups excluding carboxylic acids is 1. The highest BCUT2D eigenvalue weighted by atomic mass is 35.5. The van der Waals surface area contributed by atoms with Crippen LogP contribution >= 0.6 is 11.6 Å². The summed E-state index contributed by atoms with van der Waals surface area (Å²) in [5, 5.41) is 12.2. The summed E-state index contributed by atoms with van der Waals surface area (Å²) in [4.78, 5) is 15.9. The third-order valence-corrected chi connectivity index (χ3v) is 2.87. The number of carbonyl (C=O) groups is 1. The highest BCUT2D eigenvalue weighted by Crippen LogP contribution is 2.26. The molecule has 1 aromatic heterocycles. The fraction of sp³-hybridized carbons (Fsp3) is 0.143. The van der Waals surface area contributed by atoms with Crippen molar-refractivity contribution in [1.29, 1.82) is 0 Å². The molecule has 0 aliphatic heterocycles. The first kappa shape index (κ1) is 13.4. The van der Waals surface area contributed by atoms with Crippen LogP contribution in [-0.2, 0) is 11.2 Å². The van der Waals surface area contributed by atoms with Gasteiger partial charge in [0.05, 0.1) is 10.7 Å². The average Bonchev–Trinajstić information content (AvgIpc) is 2.41. The number of aromatic nitrogens is 1.